The van der Waals surface area contributed by atoms with Crippen molar-refractivity contribution in [3.8, 4) is 0 Å². The molecule has 0 amide bonds. The zero-order valence-corrected chi connectivity index (χ0v) is 7.53. The van der Waals surface area contributed by atoms with E-state index in [4.69, 9.17) is 5.73 Å². The number of nitrogens with zero attached hydrogens (tertiary/aromatic N) is 2. The fourth-order valence-corrected chi connectivity index (χ4v) is 0.977. The van der Waals surface area contributed by atoms with Crippen LogP contribution >= 0.6 is 0 Å². The number of rotatable bonds is 2. The molecule has 0 radical (unpaired) electrons. The van der Waals surface area contributed by atoms with E-state index < -0.39 is 0 Å². The van der Waals surface area contributed by atoms with Crippen molar-refractivity contribution in [2.45, 2.75) is 13.8 Å². The van der Waals surface area contributed by atoms with Crippen LogP contribution in [0.1, 0.15) is 24.5 Å². The summed E-state index contributed by atoms with van der Waals surface area (Å²) < 4.78 is 1.65. The first-order valence-electron chi connectivity index (χ1n) is 3.85. The van der Waals surface area contributed by atoms with Gasteiger partial charge in [0.25, 0.3) is 0 Å². The molecule has 0 aromatic carbocycles. The largest absolute Gasteiger partial charge is 0.382 e. The number of ketones is 1. The molecule has 1 aromatic rings. The SMILES string of the molecule is CC(C)C(=O)c1nc(N)cn1C. The quantitative estimate of drug-likeness (QED) is 0.664. The molecule has 12 heavy (non-hydrogen) atoms. The van der Waals surface area contributed by atoms with E-state index in [2.05, 4.69) is 4.98 Å². The maximum absolute atomic E-state index is 11.4. The summed E-state index contributed by atoms with van der Waals surface area (Å²) in [6.45, 7) is 3.68. The molecule has 0 aliphatic heterocycles. The van der Waals surface area contributed by atoms with Crippen molar-refractivity contribution in [1.82, 2.24) is 9.55 Å². The lowest BCUT2D eigenvalue weighted by atomic mass is 10.1. The summed E-state index contributed by atoms with van der Waals surface area (Å²) >= 11 is 0. The number of hydrogen-bond acceptors (Lipinski definition) is 3. The molecule has 66 valence electrons. The van der Waals surface area contributed by atoms with E-state index in [1.807, 2.05) is 13.8 Å². The number of Topliss-reactive ketones (excluding diaryl/α,β-unsaturated/α-hetero) is 1. The third kappa shape index (κ3) is 1.47. The predicted molar refractivity (Wildman–Crippen MR) is 46.8 cm³/mol. The Kier molecular flexibility index (Phi) is 2.17. The van der Waals surface area contributed by atoms with Crippen LogP contribution in [0.3, 0.4) is 0 Å². The van der Waals surface area contributed by atoms with Crippen molar-refractivity contribution in [1.29, 1.82) is 0 Å². The molecule has 0 aliphatic carbocycles. The summed E-state index contributed by atoms with van der Waals surface area (Å²) in [6.07, 6.45) is 1.63. The highest BCUT2D eigenvalue weighted by Crippen LogP contribution is 2.08. The number of aryl methyl sites for hydroxylation is 1. The molecule has 0 saturated carbocycles. The van der Waals surface area contributed by atoms with Crippen molar-refractivity contribution in [2.75, 3.05) is 5.73 Å². The molecule has 0 unspecified atom stereocenters. The topological polar surface area (TPSA) is 60.9 Å². The van der Waals surface area contributed by atoms with Crippen molar-refractivity contribution in [2.24, 2.45) is 13.0 Å². The number of carbonyl (C=O) groups excluding carboxylic acids is 1. The highest BCUT2D eigenvalue weighted by molar-refractivity contribution is 5.94. The predicted octanol–water partition coefficient (Wildman–Crippen LogP) is 0.841. The Morgan fingerprint density at radius 3 is 2.58 bits per heavy atom. The van der Waals surface area contributed by atoms with Crippen molar-refractivity contribution < 1.29 is 4.79 Å². The summed E-state index contributed by atoms with van der Waals surface area (Å²) in [5.41, 5.74) is 5.43. The second-order valence-corrected chi connectivity index (χ2v) is 3.12. The first-order valence-corrected chi connectivity index (χ1v) is 3.85. The fraction of sp³-hybridized carbons (Fsp3) is 0.500. The van der Waals surface area contributed by atoms with Gasteiger partial charge in [-0.1, -0.05) is 13.8 Å². The summed E-state index contributed by atoms with van der Waals surface area (Å²) in [6, 6.07) is 0. The van der Waals surface area contributed by atoms with E-state index in [-0.39, 0.29) is 11.7 Å². The summed E-state index contributed by atoms with van der Waals surface area (Å²) in [5.74, 6) is 0.809. The molecular formula is C8H13N3O. The third-order valence-electron chi connectivity index (χ3n) is 1.64. The number of nitrogens with two attached hydrogens (primary N) is 1. The van der Waals surface area contributed by atoms with Crippen molar-refractivity contribution in [3.05, 3.63) is 12.0 Å². The van der Waals surface area contributed by atoms with Crippen LogP contribution in [-0.4, -0.2) is 15.3 Å². The highest BCUT2D eigenvalue weighted by Gasteiger charge is 2.15. The van der Waals surface area contributed by atoms with Gasteiger partial charge in [-0.25, -0.2) is 4.98 Å². The standard InChI is InChI=1S/C8H13N3O/c1-5(2)7(12)8-10-6(9)4-11(8)3/h4-5H,9H2,1-3H3. The molecule has 1 heterocycles. The number of imidazole rings is 1. The molecule has 0 spiro atoms. The molecular weight excluding hydrogens is 154 g/mol. The maximum Gasteiger partial charge on any atom is 0.200 e. The normalized spacial score (nSPS) is 10.7. The maximum atomic E-state index is 11.4. The van der Waals surface area contributed by atoms with Crippen molar-refractivity contribution in [3.63, 3.8) is 0 Å². The van der Waals surface area contributed by atoms with Gasteiger partial charge >= 0.3 is 0 Å². The summed E-state index contributed by atoms with van der Waals surface area (Å²) in [4.78, 5) is 15.4. The van der Waals surface area contributed by atoms with E-state index in [0.717, 1.165) is 0 Å². The minimum Gasteiger partial charge on any atom is -0.382 e. The lowest BCUT2D eigenvalue weighted by Crippen LogP contribution is -2.13. The van der Waals surface area contributed by atoms with Gasteiger partial charge in [0, 0.05) is 19.2 Å². The van der Waals surface area contributed by atoms with Crippen LogP contribution in [0.4, 0.5) is 5.82 Å². The van der Waals surface area contributed by atoms with E-state index in [9.17, 15) is 4.79 Å². The molecule has 4 nitrogen and oxygen atoms in total. The van der Waals surface area contributed by atoms with Gasteiger partial charge in [0.1, 0.15) is 5.82 Å². The van der Waals surface area contributed by atoms with E-state index in [1.54, 1.807) is 17.8 Å². The third-order valence-corrected chi connectivity index (χ3v) is 1.64. The number of carbonyl (C=O) groups is 1. The van der Waals surface area contributed by atoms with E-state index in [0.29, 0.717) is 11.6 Å². The first-order chi connectivity index (χ1) is 5.52. The summed E-state index contributed by atoms with van der Waals surface area (Å²) in [7, 11) is 1.76. The molecule has 0 bridgehead atoms. The van der Waals surface area contributed by atoms with Gasteiger partial charge in [-0.15, -0.1) is 0 Å². The lowest BCUT2D eigenvalue weighted by Gasteiger charge is -2.02. The molecule has 4 heteroatoms. The Morgan fingerprint density at radius 1 is 1.67 bits per heavy atom. The van der Waals surface area contributed by atoms with Gasteiger partial charge in [-0.3, -0.25) is 4.79 Å². The van der Waals surface area contributed by atoms with Crippen LogP contribution in [0, 0.1) is 5.92 Å². The van der Waals surface area contributed by atoms with Crippen LogP contribution in [0.25, 0.3) is 0 Å². The average molecular weight is 167 g/mol. The molecule has 0 fully saturated rings. The second kappa shape index (κ2) is 2.97. The van der Waals surface area contributed by atoms with Crippen LogP contribution in [0.5, 0.6) is 0 Å². The van der Waals surface area contributed by atoms with Gasteiger partial charge in [-0.05, 0) is 0 Å². The Morgan fingerprint density at radius 2 is 2.25 bits per heavy atom. The van der Waals surface area contributed by atoms with Crippen LogP contribution in [0.15, 0.2) is 6.20 Å². The molecule has 2 N–H and O–H groups in total. The monoisotopic (exact) mass is 167 g/mol. The smallest absolute Gasteiger partial charge is 0.200 e. The minimum absolute atomic E-state index is 0.0224. The lowest BCUT2D eigenvalue weighted by molar-refractivity contribution is 0.0926. The molecule has 0 aliphatic rings. The molecule has 1 aromatic heterocycles. The summed E-state index contributed by atoms with van der Waals surface area (Å²) in [5, 5.41) is 0. The Bertz CT molecular complexity index is 301. The fourth-order valence-electron chi connectivity index (χ4n) is 0.977. The Balaban J connectivity index is 3.02. The number of aromatic nitrogens is 2. The number of anilines is 1. The molecule has 1 rings (SSSR count). The zero-order chi connectivity index (χ0) is 9.30. The Labute approximate surface area is 71.4 Å². The minimum atomic E-state index is -0.0366. The van der Waals surface area contributed by atoms with Crippen LogP contribution < -0.4 is 5.73 Å². The zero-order valence-electron chi connectivity index (χ0n) is 7.53. The van der Waals surface area contributed by atoms with Gasteiger partial charge in [-0.2, -0.15) is 0 Å². The van der Waals surface area contributed by atoms with E-state index in [1.165, 1.54) is 0 Å². The first kappa shape index (κ1) is 8.77. The van der Waals surface area contributed by atoms with Crippen molar-refractivity contribution >= 4 is 11.6 Å². The highest BCUT2D eigenvalue weighted by atomic mass is 16.1. The Hall–Kier alpha value is -1.32. The number of hydrogen-bond donors (Lipinski definition) is 1. The molecule has 0 atom stereocenters. The van der Waals surface area contributed by atoms with Crippen LogP contribution in [-0.2, 0) is 7.05 Å². The van der Waals surface area contributed by atoms with Crippen LogP contribution in [0.2, 0.25) is 0 Å². The molecule has 0 saturated heterocycles. The average Bonchev–Trinajstić information content (AvgIpc) is 2.28. The van der Waals surface area contributed by atoms with Gasteiger partial charge in [0.2, 0.25) is 5.78 Å². The number of nitrogen functional groups attached to an aromatic ring is 1. The van der Waals surface area contributed by atoms with Gasteiger partial charge in [0.15, 0.2) is 5.82 Å². The van der Waals surface area contributed by atoms with Gasteiger partial charge in [0.05, 0.1) is 0 Å². The van der Waals surface area contributed by atoms with Gasteiger partial charge < -0.3 is 10.3 Å². The second-order valence-electron chi connectivity index (χ2n) is 3.12. The van der Waals surface area contributed by atoms with E-state index >= 15 is 0 Å².